The lowest BCUT2D eigenvalue weighted by Crippen LogP contribution is -2.44. The van der Waals surface area contributed by atoms with Crippen LogP contribution in [0.25, 0.3) is 27.7 Å². The fourth-order valence-electron chi connectivity index (χ4n) is 3.65. The molecule has 0 aliphatic carbocycles. The number of benzene rings is 1. The largest absolute Gasteiger partial charge is 0.497 e. The third-order valence-electron chi connectivity index (χ3n) is 5.21. The number of methoxy groups -OCH3 is 1. The van der Waals surface area contributed by atoms with Crippen molar-refractivity contribution in [3.63, 3.8) is 0 Å². The number of amides is 2. The Hall–Kier alpha value is -3.28. The maximum atomic E-state index is 12.2. The van der Waals surface area contributed by atoms with Gasteiger partial charge in [0.15, 0.2) is 0 Å². The highest BCUT2D eigenvalue weighted by atomic mass is 16.5. The van der Waals surface area contributed by atoms with Gasteiger partial charge in [0, 0.05) is 48.0 Å². The first-order valence-electron chi connectivity index (χ1n) is 9.91. The van der Waals surface area contributed by atoms with E-state index in [2.05, 4.69) is 27.4 Å². The number of rotatable bonds is 4. The van der Waals surface area contributed by atoms with Crippen molar-refractivity contribution in [3.05, 3.63) is 54.4 Å². The zero-order valence-corrected chi connectivity index (χ0v) is 17.0. The summed E-state index contributed by atoms with van der Waals surface area (Å²) in [6.45, 7) is 5.28. The summed E-state index contributed by atoms with van der Waals surface area (Å²) < 4.78 is 5.25. The number of fused-ring (bicyclic) bond motifs is 1. The molecule has 3 aromatic rings. The molecule has 29 heavy (non-hydrogen) atoms. The number of hydrogen-bond donors (Lipinski definition) is 2. The van der Waals surface area contributed by atoms with Crippen LogP contribution in [0.4, 0.5) is 4.79 Å². The summed E-state index contributed by atoms with van der Waals surface area (Å²) in [7, 11) is 1.67. The second-order valence-electron chi connectivity index (χ2n) is 7.58. The third-order valence-corrected chi connectivity index (χ3v) is 5.21. The molecule has 1 aliphatic heterocycles. The van der Waals surface area contributed by atoms with Crippen molar-refractivity contribution in [1.82, 2.24) is 20.2 Å². The van der Waals surface area contributed by atoms with E-state index in [4.69, 9.17) is 4.74 Å². The van der Waals surface area contributed by atoms with Gasteiger partial charge in [-0.2, -0.15) is 0 Å². The van der Waals surface area contributed by atoms with Gasteiger partial charge >= 0.3 is 6.03 Å². The molecule has 4 rings (SSSR count). The summed E-state index contributed by atoms with van der Waals surface area (Å²) in [6, 6.07) is 10.3. The van der Waals surface area contributed by atoms with Crippen LogP contribution in [-0.2, 0) is 0 Å². The summed E-state index contributed by atoms with van der Waals surface area (Å²) in [6.07, 6.45) is 6.88. The number of pyridine rings is 1. The summed E-state index contributed by atoms with van der Waals surface area (Å²) in [5.41, 5.74) is 5.44. The quantitative estimate of drug-likeness (QED) is 0.692. The van der Waals surface area contributed by atoms with Crippen LogP contribution in [-0.4, -0.2) is 47.1 Å². The number of carbonyl (C=O) groups is 1. The number of urea groups is 1. The standard InChI is InChI=1S/C23H26N4O2/c1-15(2)26-23(28)27-10-8-17(9-11-27)21-14-25-22-20(21)12-18(13-24-22)16-4-6-19(29-3)7-5-16/h4-8,12-15H,9-11H2,1-3H3,(H,24,25)(H,26,28). The van der Waals surface area contributed by atoms with Crippen molar-refractivity contribution in [1.29, 1.82) is 0 Å². The van der Waals surface area contributed by atoms with Crippen LogP contribution < -0.4 is 10.1 Å². The van der Waals surface area contributed by atoms with Crippen LogP contribution in [0.2, 0.25) is 0 Å². The van der Waals surface area contributed by atoms with E-state index < -0.39 is 0 Å². The topological polar surface area (TPSA) is 70.2 Å². The molecule has 0 saturated heterocycles. The van der Waals surface area contributed by atoms with Crippen LogP contribution in [0.5, 0.6) is 5.75 Å². The smallest absolute Gasteiger partial charge is 0.317 e. The lowest BCUT2D eigenvalue weighted by Gasteiger charge is -2.27. The Morgan fingerprint density at radius 1 is 1.24 bits per heavy atom. The van der Waals surface area contributed by atoms with E-state index in [-0.39, 0.29) is 12.1 Å². The SMILES string of the molecule is COc1ccc(-c2cnc3[nH]cc(C4=CCN(C(=O)NC(C)C)CC4)c3c2)cc1. The predicted molar refractivity (Wildman–Crippen MR) is 116 cm³/mol. The molecule has 2 amide bonds. The fourth-order valence-corrected chi connectivity index (χ4v) is 3.65. The first-order chi connectivity index (χ1) is 14.0. The summed E-state index contributed by atoms with van der Waals surface area (Å²) in [4.78, 5) is 21.9. The molecule has 0 fully saturated rings. The normalized spacial score (nSPS) is 14.2. The minimum absolute atomic E-state index is 0.00214. The van der Waals surface area contributed by atoms with Gasteiger partial charge < -0.3 is 19.9 Å². The average molecular weight is 390 g/mol. The Morgan fingerprint density at radius 3 is 2.69 bits per heavy atom. The summed E-state index contributed by atoms with van der Waals surface area (Å²) in [5, 5.41) is 4.06. The lowest BCUT2D eigenvalue weighted by atomic mass is 9.98. The van der Waals surface area contributed by atoms with Gasteiger partial charge in [-0.05, 0) is 49.6 Å². The zero-order chi connectivity index (χ0) is 20.4. The van der Waals surface area contributed by atoms with Gasteiger partial charge in [0.2, 0.25) is 0 Å². The van der Waals surface area contributed by atoms with Gasteiger partial charge in [0.05, 0.1) is 7.11 Å². The Bertz CT molecular complexity index is 1050. The molecule has 2 aromatic heterocycles. The van der Waals surface area contributed by atoms with E-state index in [1.54, 1.807) is 7.11 Å². The fraction of sp³-hybridized carbons (Fsp3) is 0.304. The number of carbonyl (C=O) groups excluding carboxylic acids is 1. The Kier molecular flexibility index (Phi) is 5.25. The molecule has 6 nitrogen and oxygen atoms in total. The van der Waals surface area contributed by atoms with E-state index >= 15 is 0 Å². The van der Waals surface area contributed by atoms with Gasteiger partial charge in [-0.1, -0.05) is 18.2 Å². The van der Waals surface area contributed by atoms with Gasteiger partial charge in [-0.25, -0.2) is 9.78 Å². The van der Waals surface area contributed by atoms with Gasteiger partial charge in [0.25, 0.3) is 0 Å². The van der Waals surface area contributed by atoms with Crippen LogP contribution in [0.1, 0.15) is 25.8 Å². The van der Waals surface area contributed by atoms with Crippen molar-refractivity contribution < 1.29 is 9.53 Å². The second kappa shape index (κ2) is 7.99. The number of nitrogens with zero attached hydrogens (tertiary/aromatic N) is 2. The Morgan fingerprint density at radius 2 is 2.03 bits per heavy atom. The van der Waals surface area contributed by atoms with Crippen LogP contribution in [0.3, 0.4) is 0 Å². The third kappa shape index (κ3) is 3.97. The molecule has 0 radical (unpaired) electrons. The molecule has 3 heterocycles. The van der Waals surface area contributed by atoms with Crippen molar-refractivity contribution in [2.24, 2.45) is 0 Å². The number of nitrogens with one attached hydrogen (secondary N) is 2. The maximum absolute atomic E-state index is 12.2. The van der Waals surface area contributed by atoms with Gasteiger partial charge in [0.1, 0.15) is 11.4 Å². The number of hydrogen-bond acceptors (Lipinski definition) is 3. The number of H-pyrrole nitrogens is 1. The number of ether oxygens (including phenoxy) is 1. The molecule has 150 valence electrons. The van der Waals surface area contributed by atoms with E-state index in [0.29, 0.717) is 13.1 Å². The zero-order valence-electron chi connectivity index (χ0n) is 17.0. The molecular formula is C23H26N4O2. The van der Waals surface area contributed by atoms with Gasteiger partial charge in [-0.15, -0.1) is 0 Å². The molecule has 6 heteroatoms. The molecule has 0 unspecified atom stereocenters. The van der Waals surface area contributed by atoms with Crippen LogP contribution in [0.15, 0.2) is 48.8 Å². The number of aromatic amines is 1. The van der Waals surface area contributed by atoms with E-state index in [1.165, 1.54) is 5.57 Å². The molecular weight excluding hydrogens is 364 g/mol. The van der Waals surface area contributed by atoms with Crippen LogP contribution >= 0.6 is 0 Å². The average Bonchev–Trinajstić information content (AvgIpc) is 3.16. The van der Waals surface area contributed by atoms with E-state index in [1.807, 2.05) is 55.4 Å². The lowest BCUT2D eigenvalue weighted by molar-refractivity contribution is 0.200. The highest BCUT2D eigenvalue weighted by molar-refractivity contribution is 5.93. The Labute approximate surface area is 170 Å². The first kappa shape index (κ1) is 19.1. The monoisotopic (exact) mass is 390 g/mol. The molecule has 1 aliphatic rings. The minimum atomic E-state index is -0.00214. The van der Waals surface area contributed by atoms with Crippen LogP contribution in [0, 0.1) is 0 Å². The number of aromatic nitrogens is 2. The first-order valence-corrected chi connectivity index (χ1v) is 9.91. The molecule has 0 atom stereocenters. The van der Waals surface area contributed by atoms with E-state index in [9.17, 15) is 4.79 Å². The highest BCUT2D eigenvalue weighted by Crippen LogP contribution is 2.31. The van der Waals surface area contributed by atoms with E-state index in [0.717, 1.165) is 39.9 Å². The molecule has 1 aromatic carbocycles. The van der Waals surface area contributed by atoms with Crippen molar-refractivity contribution in [2.75, 3.05) is 20.2 Å². The second-order valence-corrected chi connectivity index (χ2v) is 7.58. The summed E-state index contributed by atoms with van der Waals surface area (Å²) >= 11 is 0. The predicted octanol–water partition coefficient (Wildman–Crippen LogP) is 4.45. The van der Waals surface area contributed by atoms with Crippen molar-refractivity contribution in [2.45, 2.75) is 26.3 Å². The molecule has 0 saturated carbocycles. The minimum Gasteiger partial charge on any atom is -0.497 e. The summed E-state index contributed by atoms with van der Waals surface area (Å²) in [5.74, 6) is 0.837. The molecule has 0 bridgehead atoms. The molecule has 2 N–H and O–H groups in total. The maximum Gasteiger partial charge on any atom is 0.317 e. The Balaban J connectivity index is 1.60. The molecule has 0 spiro atoms. The van der Waals surface area contributed by atoms with Crippen molar-refractivity contribution >= 4 is 22.6 Å². The highest BCUT2D eigenvalue weighted by Gasteiger charge is 2.20. The van der Waals surface area contributed by atoms with Crippen molar-refractivity contribution in [3.8, 4) is 16.9 Å². The van der Waals surface area contributed by atoms with Gasteiger partial charge in [-0.3, -0.25) is 0 Å².